The Morgan fingerprint density at radius 2 is 1.75 bits per heavy atom. The number of anilines is 1. The Kier molecular flexibility index (Phi) is 5.70. The molecule has 0 bridgehead atoms. The summed E-state index contributed by atoms with van der Waals surface area (Å²) in [6.45, 7) is 1.52. The van der Waals surface area contributed by atoms with E-state index < -0.39 is 11.9 Å². The van der Waals surface area contributed by atoms with Crippen molar-refractivity contribution in [2.45, 2.75) is 6.92 Å². The van der Waals surface area contributed by atoms with Gasteiger partial charge in [-0.2, -0.15) is 0 Å². The fourth-order valence-corrected chi connectivity index (χ4v) is 2.66. The lowest BCUT2D eigenvalue weighted by Gasteiger charge is -2.11. The molecule has 126 valence electrons. The van der Waals surface area contributed by atoms with Crippen LogP contribution in [0.25, 0.3) is 0 Å². The van der Waals surface area contributed by atoms with E-state index in [1.807, 2.05) is 13.0 Å². The molecule has 0 radical (unpaired) electrons. The first-order valence-electron chi connectivity index (χ1n) is 7.22. The molecule has 24 heavy (non-hydrogen) atoms. The van der Waals surface area contributed by atoms with E-state index in [2.05, 4.69) is 5.32 Å². The van der Waals surface area contributed by atoms with E-state index in [1.165, 1.54) is 16.2 Å². The lowest BCUT2D eigenvalue weighted by molar-refractivity contribution is -0.119. The van der Waals surface area contributed by atoms with E-state index in [4.69, 9.17) is 4.74 Å². The van der Waals surface area contributed by atoms with Crippen LogP contribution in [0, 0.1) is 6.92 Å². The van der Waals surface area contributed by atoms with Gasteiger partial charge in [0.15, 0.2) is 6.61 Å². The number of nitrogens with one attached hydrogen (secondary N) is 1. The number of nitrogens with zero attached hydrogens (tertiary/aromatic N) is 1. The van der Waals surface area contributed by atoms with E-state index in [9.17, 15) is 14.4 Å². The predicted molar refractivity (Wildman–Crippen MR) is 92.4 cm³/mol. The van der Waals surface area contributed by atoms with E-state index in [-0.39, 0.29) is 12.5 Å². The van der Waals surface area contributed by atoms with Crippen molar-refractivity contribution in [3.05, 3.63) is 51.7 Å². The lowest BCUT2D eigenvalue weighted by Crippen LogP contribution is -2.22. The number of hydrogen-bond donors (Lipinski definition) is 1. The number of ether oxygens (including phenoxy) is 1. The number of thiophene rings is 1. The highest BCUT2D eigenvalue weighted by Gasteiger charge is 2.12. The van der Waals surface area contributed by atoms with Gasteiger partial charge in [-0.1, -0.05) is 0 Å². The average molecular weight is 346 g/mol. The van der Waals surface area contributed by atoms with Crippen molar-refractivity contribution >= 4 is 34.8 Å². The fourth-order valence-electron chi connectivity index (χ4n) is 1.90. The smallest absolute Gasteiger partial charge is 0.348 e. The number of carbonyl (C=O) groups excluding carboxylic acids is 3. The van der Waals surface area contributed by atoms with Gasteiger partial charge in [0.1, 0.15) is 4.88 Å². The summed E-state index contributed by atoms with van der Waals surface area (Å²) in [5.41, 5.74) is 1.05. The lowest BCUT2D eigenvalue weighted by atomic mass is 10.2. The zero-order valence-corrected chi connectivity index (χ0v) is 14.5. The number of aryl methyl sites for hydroxylation is 1. The molecule has 1 N–H and O–H groups in total. The summed E-state index contributed by atoms with van der Waals surface area (Å²) in [4.78, 5) is 38.3. The van der Waals surface area contributed by atoms with Gasteiger partial charge in [0.05, 0.1) is 0 Å². The molecular weight excluding hydrogens is 328 g/mol. The molecule has 0 saturated carbocycles. The molecule has 7 heteroatoms. The van der Waals surface area contributed by atoms with Gasteiger partial charge in [-0.05, 0) is 43.3 Å². The first-order valence-corrected chi connectivity index (χ1v) is 8.03. The molecule has 1 aromatic carbocycles. The van der Waals surface area contributed by atoms with Crippen LogP contribution in [0.2, 0.25) is 0 Å². The normalized spacial score (nSPS) is 10.1. The summed E-state index contributed by atoms with van der Waals surface area (Å²) >= 11 is 1.32. The highest BCUT2D eigenvalue weighted by molar-refractivity contribution is 7.13. The average Bonchev–Trinajstić information content (AvgIpc) is 2.99. The minimum Gasteiger partial charge on any atom is -0.451 e. The molecule has 1 heterocycles. The van der Waals surface area contributed by atoms with Gasteiger partial charge in [-0.15, -0.1) is 11.3 Å². The molecule has 0 atom stereocenters. The van der Waals surface area contributed by atoms with Crippen LogP contribution in [0.3, 0.4) is 0 Å². The standard InChI is InChI=1S/C17H18N2O4S/c1-11-4-9-14(24-11)17(22)23-10-15(20)18-13-7-5-12(6-8-13)16(21)19(2)3/h4-9H,10H2,1-3H3,(H,18,20). The third-order valence-corrected chi connectivity index (χ3v) is 4.08. The van der Waals surface area contributed by atoms with Crippen molar-refractivity contribution in [2.24, 2.45) is 0 Å². The zero-order valence-electron chi connectivity index (χ0n) is 13.7. The molecule has 0 aliphatic rings. The topological polar surface area (TPSA) is 75.7 Å². The van der Waals surface area contributed by atoms with Crippen LogP contribution in [0.4, 0.5) is 5.69 Å². The minimum absolute atomic E-state index is 0.118. The number of carbonyl (C=O) groups is 3. The Morgan fingerprint density at radius 1 is 1.08 bits per heavy atom. The van der Waals surface area contributed by atoms with Gasteiger partial charge in [-0.3, -0.25) is 9.59 Å². The molecular formula is C17H18N2O4S. The molecule has 0 spiro atoms. The third kappa shape index (κ3) is 4.66. The van der Waals surface area contributed by atoms with Crippen molar-refractivity contribution in [1.82, 2.24) is 4.90 Å². The Bertz CT molecular complexity index is 750. The summed E-state index contributed by atoms with van der Waals surface area (Å²) in [7, 11) is 3.34. The Morgan fingerprint density at radius 3 is 2.29 bits per heavy atom. The zero-order chi connectivity index (χ0) is 17.7. The van der Waals surface area contributed by atoms with Crippen molar-refractivity contribution in [1.29, 1.82) is 0 Å². The van der Waals surface area contributed by atoms with Crippen molar-refractivity contribution in [3.8, 4) is 0 Å². The minimum atomic E-state index is -0.518. The molecule has 6 nitrogen and oxygen atoms in total. The van der Waals surface area contributed by atoms with E-state index in [0.29, 0.717) is 16.1 Å². The number of amides is 2. The summed E-state index contributed by atoms with van der Waals surface area (Å²) in [5.74, 6) is -1.08. The quantitative estimate of drug-likeness (QED) is 0.844. The molecule has 2 aromatic rings. The van der Waals surface area contributed by atoms with Gasteiger partial charge in [0, 0.05) is 30.2 Å². The van der Waals surface area contributed by atoms with Gasteiger partial charge < -0.3 is 15.0 Å². The molecule has 1 aromatic heterocycles. The Hall–Kier alpha value is -2.67. The van der Waals surface area contributed by atoms with Gasteiger partial charge in [0.25, 0.3) is 11.8 Å². The van der Waals surface area contributed by atoms with Crippen molar-refractivity contribution in [3.63, 3.8) is 0 Å². The first-order chi connectivity index (χ1) is 11.4. The van der Waals surface area contributed by atoms with Crippen LogP contribution in [-0.4, -0.2) is 43.4 Å². The molecule has 0 aliphatic carbocycles. The van der Waals surface area contributed by atoms with E-state index in [0.717, 1.165) is 4.88 Å². The summed E-state index contributed by atoms with van der Waals surface area (Å²) in [6.07, 6.45) is 0. The largest absolute Gasteiger partial charge is 0.451 e. The third-order valence-electron chi connectivity index (χ3n) is 3.10. The molecule has 2 amide bonds. The molecule has 0 fully saturated rings. The number of rotatable bonds is 5. The molecule has 2 rings (SSSR count). The summed E-state index contributed by atoms with van der Waals surface area (Å²) in [5, 5.41) is 2.61. The van der Waals surface area contributed by atoms with Gasteiger partial charge in [-0.25, -0.2) is 4.79 Å². The SMILES string of the molecule is Cc1ccc(C(=O)OCC(=O)Nc2ccc(C(=O)N(C)C)cc2)s1. The van der Waals surface area contributed by atoms with Crippen molar-refractivity contribution in [2.75, 3.05) is 26.0 Å². The highest BCUT2D eigenvalue weighted by Crippen LogP contribution is 2.16. The Labute approximate surface area is 144 Å². The Balaban J connectivity index is 1.86. The van der Waals surface area contributed by atoms with Crippen LogP contribution in [0.15, 0.2) is 36.4 Å². The second-order valence-electron chi connectivity index (χ2n) is 5.31. The highest BCUT2D eigenvalue weighted by atomic mass is 32.1. The number of hydrogen-bond acceptors (Lipinski definition) is 5. The van der Waals surface area contributed by atoms with Crippen LogP contribution in [0.5, 0.6) is 0 Å². The van der Waals surface area contributed by atoms with Crippen LogP contribution >= 0.6 is 11.3 Å². The number of esters is 1. The van der Waals surface area contributed by atoms with Gasteiger partial charge >= 0.3 is 5.97 Å². The first kappa shape index (κ1) is 17.7. The maximum atomic E-state index is 11.8. The molecule has 0 aliphatic heterocycles. The maximum Gasteiger partial charge on any atom is 0.348 e. The van der Waals surface area contributed by atoms with E-state index >= 15 is 0 Å². The summed E-state index contributed by atoms with van der Waals surface area (Å²) < 4.78 is 4.97. The van der Waals surface area contributed by atoms with Crippen molar-refractivity contribution < 1.29 is 19.1 Å². The van der Waals surface area contributed by atoms with Crippen LogP contribution in [0.1, 0.15) is 24.9 Å². The second kappa shape index (κ2) is 7.74. The fraction of sp³-hybridized carbons (Fsp3) is 0.235. The monoisotopic (exact) mass is 346 g/mol. The molecule has 0 saturated heterocycles. The second-order valence-corrected chi connectivity index (χ2v) is 6.60. The van der Waals surface area contributed by atoms with Crippen LogP contribution in [-0.2, 0) is 9.53 Å². The van der Waals surface area contributed by atoms with E-state index in [1.54, 1.807) is 44.4 Å². The number of benzene rings is 1. The van der Waals surface area contributed by atoms with Crippen LogP contribution < -0.4 is 5.32 Å². The maximum absolute atomic E-state index is 11.8. The molecule has 0 unspecified atom stereocenters. The summed E-state index contributed by atoms with van der Waals surface area (Å²) in [6, 6.07) is 9.98. The predicted octanol–water partition coefficient (Wildman–Crippen LogP) is 2.55. The van der Waals surface area contributed by atoms with Gasteiger partial charge in [0.2, 0.25) is 0 Å².